The quantitative estimate of drug-likeness (QED) is 0.0183. The molecule has 5 aliphatic carbocycles. The summed E-state index contributed by atoms with van der Waals surface area (Å²) in [5.74, 6) is -2.58. The topological polar surface area (TPSA) is 240 Å². The highest BCUT2D eigenvalue weighted by atomic mass is 31.2. The number of allylic oxidation sites excluding steroid dienone is 4. The Bertz CT molecular complexity index is 2800. The Morgan fingerprint density at radius 2 is 1.69 bits per heavy atom. The number of benzene rings is 2. The number of phosphoric ester groups is 1. The van der Waals surface area contributed by atoms with Crippen molar-refractivity contribution in [1.82, 2.24) is 10.6 Å². The van der Waals surface area contributed by atoms with Gasteiger partial charge >= 0.3 is 13.8 Å². The fraction of sp³-hybridized carbons (Fsp3) is 0.603. The second-order valence-corrected chi connectivity index (χ2v) is 25.4. The van der Waals surface area contributed by atoms with E-state index in [0.29, 0.717) is 30.5 Å². The molecule has 1 amide bonds. The summed E-state index contributed by atoms with van der Waals surface area (Å²) in [5.41, 5.74) is 0.710. The lowest BCUT2D eigenvalue weighted by Gasteiger charge is -2.59. The maximum Gasteiger partial charge on any atom is 0.524 e. The number of hydrogen-bond donors (Lipinski definition) is 6. The normalized spacial score (nSPS) is 28.7. The third-order valence-electron chi connectivity index (χ3n) is 18.8. The van der Waals surface area contributed by atoms with Gasteiger partial charge in [0, 0.05) is 55.0 Å². The third kappa shape index (κ3) is 14.0. The van der Waals surface area contributed by atoms with Gasteiger partial charge in [-0.1, -0.05) is 101 Å². The predicted molar refractivity (Wildman–Crippen MR) is 301 cm³/mol. The van der Waals surface area contributed by atoms with E-state index in [4.69, 9.17) is 23.5 Å². The smallest absolute Gasteiger partial charge is 0.457 e. The van der Waals surface area contributed by atoms with E-state index in [1.54, 1.807) is 60.3 Å². The molecule has 6 aliphatic rings. The first-order valence-electron chi connectivity index (χ1n) is 29.7. The Labute approximate surface area is 476 Å². The largest absolute Gasteiger partial charge is 0.524 e. The van der Waals surface area contributed by atoms with Crippen LogP contribution in [0.15, 0.2) is 96.9 Å². The van der Waals surface area contributed by atoms with Crippen LogP contribution in [0.3, 0.4) is 0 Å². The van der Waals surface area contributed by atoms with Gasteiger partial charge in [-0.15, -0.1) is 0 Å². The summed E-state index contributed by atoms with van der Waals surface area (Å²) in [7, 11) is -4.96. The number of nitrogens with zero attached hydrogens (tertiary/aromatic N) is 1. The summed E-state index contributed by atoms with van der Waals surface area (Å²) < 4.78 is 44.2. The Hall–Kier alpha value is -4.94. The summed E-state index contributed by atoms with van der Waals surface area (Å²) >= 11 is 0. The van der Waals surface area contributed by atoms with Crippen LogP contribution in [0, 0.1) is 40.4 Å². The van der Waals surface area contributed by atoms with Crippen molar-refractivity contribution >= 4 is 31.3 Å². The minimum Gasteiger partial charge on any atom is -0.457 e. The molecule has 11 atom stereocenters. The summed E-state index contributed by atoms with van der Waals surface area (Å²) in [6.07, 6.45) is 20.3. The zero-order valence-corrected chi connectivity index (χ0v) is 48.3. The number of pyridine rings is 1. The van der Waals surface area contributed by atoms with Gasteiger partial charge < -0.3 is 44.3 Å². The number of hydrogen-bond acceptors (Lipinski definition) is 13. The Balaban J connectivity index is 0.759. The van der Waals surface area contributed by atoms with E-state index < -0.39 is 79.0 Å². The third-order valence-corrected chi connectivity index (χ3v) is 19.2. The molecule has 17 nitrogen and oxygen atoms in total. The number of aliphatic hydroxyl groups excluding tert-OH is 2. The molecule has 3 aromatic rings. The number of nitrogens with one attached hydrogen (secondary N) is 2. The molecule has 1 aliphatic heterocycles. The van der Waals surface area contributed by atoms with E-state index in [9.17, 15) is 38.9 Å². The van der Waals surface area contributed by atoms with Crippen molar-refractivity contribution < 1.29 is 71.8 Å². The molecule has 0 bridgehead atoms. The number of aryl methyl sites for hydroxylation is 1. The van der Waals surface area contributed by atoms with Crippen molar-refractivity contribution in [2.24, 2.45) is 40.4 Å². The Morgan fingerprint density at radius 3 is 2.47 bits per heavy atom. The van der Waals surface area contributed by atoms with Crippen molar-refractivity contribution in [3.8, 4) is 5.75 Å². The molecule has 6 N–H and O–H groups in total. The van der Waals surface area contributed by atoms with Crippen molar-refractivity contribution in [3.63, 3.8) is 0 Å². The molecular formula is C63H85N3O14P+. The number of ether oxygens (including phenoxy) is 4. The fourth-order valence-corrected chi connectivity index (χ4v) is 15.0. The van der Waals surface area contributed by atoms with Gasteiger partial charge in [0.25, 0.3) is 5.91 Å². The average molecular weight is 1140 g/mol. The van der Waals surface area contributed by atoms with Crippen LogP contribution in [0.1, 0.15) is 150 Å². The van der Waals surface area contributed by atoms with Crippen molar-refractivity contribution in [1.29, 1.82) is 0 Å². The molecule has 2 aromatic carbocycles. The average Bonchev–Trinajstić information content (AvgIpc) is 2.13. The highest BCUT2D eigenvalue weighted by Gasteiger charge is 2.76. The molecule has 440 valence electrons. The van der Waals surface area contributed by atoms with Gasteiger partial charge in [-0.2, -0.15) is 4.57 Å². The first-order chi connectivity index (χ1) is 38.9. The van der Waals surface area contributed by atoms with Crippen LogP contribution in [0.4, 0.5) is 0 Å². The Morgan fingerprint density at radius 1 is 0.926 bits per heavy atom. The molecule has 18 heteroatoms. The van der Waals surface area contributed by atoms with Gasteiger partial charge in [0.1, 0.15) is 11.3 Å². The number of aliphatic hydroxyl groups is 2. The molecule has 9 rings (SSSR count). The minimum atomic E-state index is -4.96. The number of carbonyl (C=O) groups excluding carboxylic acids is 4. The summed E-state index contributed by atoms with van der Waals surface area (Å²) in [5, 5.41) is 29.5. The van der Waals surface area contributed by atoms with Crippen LogP contribution in [-0.4, -0.2) is 107 Å². The monoisotopic (exact) mass is 1140 g/mol. The van der Waals surface area contributed by atoms with Crippen molar-refractivity contribution in [2.45, 2.75) is 160 Å². The van der Waals surface area contributed by atoms with Crippen LogP contribution < -0.4 is 19.7 Å². The maximum absolute atomic E-state index is 15.0. The van der Waals surface area contributed by atoms with Gasteiger partial charge in [-0.3, -0.25) is 29.0 Å². The van der Waals surface area contributed by atoms with E-state index in [1.165, 1.54) is 11.6 Å². The second-order valence-electron chi connectivity index (χ2n) is 24.2. The highest BCUT2D eigenvalue weighted by Crippen LogP contribution is 2.70. The van der Waals surface area contributed by atoms with Crippen LogP contribution in [0.5, 0.6) is 5.75 Å². The molecule has 5 fully saturated rings. The predicted octanol–water partition coefficient (Wildman–Crippen LogP) is 8.14. The highest BCUT2D eigenvalue weighted by molar-refractivity contribution is 7.46. The van der Waals surface area contributed by atoms with Gasteiger partial charge in [0.2, 0.25) is 5.78 Å². The number of fused-ring (bicyclic) bond motifs is 7. The van der Waals surface area contributed by atoms with E-state index in [0.717, 1.165) is 102 Å². The Kier molecular flexibility index (Phi) is 20.0. The van der Waals surface area contributed by atoms with Crippen LogP contribution >= 0.6 is 7.82 Å². The number of unbranched alkanes of at least 4 members (excludes halogenated alkanes) is 4. The van der Waals surface area contributed by atoms with Gasteiger partial charge in [-0.25, -0.2) is 4.57 Å². The molecular weight excluding hydrogens is 1050 g/mol. The number of amides is 1. The number of Topliss-reactive ketones (excluding diaryl/α,β-unsaturated/α-hetero) is 1. The number of carbonyl (C=O) groups is 4. The summed E-state index contributed by atoms with van der Waals surface area (Å²) in [4.78, 5) is 74.2. The first-order valence-corrected chi connectivity index (χ1v) is 31.2. The van der Waals surface area contributed by atoms with E-state index in [-0.39, 0.29) is 66.8 Å². The lowest BCUT2D eigenvalue weighted by Crippen LogP contribution is -2.63. The lowest BCUT2D eigenvalue weighted by molar-refractivity contribution is -0.688. The molecule has 1 aromatic heterocycles. The van der Waals surface area contributed by atoms with Crippen LogP contribution in [0.2, 0.25) is 0 Å². The molecule has 1 saturated heterocycles. The lowest BCUT2D eigenvalue weighted by atomic mass is 9.46. The zero-order chi connectivity index (χ0) is 57.4. The molecule has 4 saturated carbocycles. The molecule has 6 unspecified atom stereocenters. The SMILES string of the molecule is CC(CNC(=O)c1ccc[n+](Cc2cc(C(O)CNCCCCCCOCCCCc3ccccc3)ccc2OP(=O)(O)O)c1)C(=O)OCC(=O)[C@@]12O[C@H](C3CCCCC3)O[C@H]1CC1C3CCC4=CC(=O)C=C[C@]4(C)C3C(O)C[C@@]12C. The number of rotatable bonds is 27. The van der Waals surface area contributed by atoms with Crippen molar-refractivity contribution in [3.05, 3.63) is 119 Å². The van der Waals surface area contributed by atoms with Gasteiger partial charge in [-0.05, 0) is 130 Å². The fourth-order valence-electron chi connectivity index (χ4n) is 14.6. The molecule has 0 radical (unpaired) electrons. The summed E-state index contributed by atoms with van der Waals surface area (Å²) in [6.45, 7) is 7.60. The van der Waals surface area contributed by atoms with Gasteiger partial charge in [0.15, 0.2) is 43.2 Å². The molecule has 0 spiro atoms. The second kappa shape index (κ2) is 26.7. The van der Waals surface area contributed by atoms with Gasteiger partial charge in [0.05, 0.1) is 29.8 Å². The van der Waals surface area contributed by atoms with E-state index in [2.05, 4.69) is 48.7 Å². The number of aromatic nitrogens is 1. The van der Waals surface area contributed by atoms with E-state index >= 15 is 4.79 Å². The number of ketones is 2. The number of phosphoric acid groups is 1. The van der Waals surface area contributed by atoms with Crippen molar-refractivity contribution in [2.75, 3.05) is 39.5 Å². The van der Waals surface area contributed by atoms with Crippen LogP contribution in [0.25, 0.3) is 0 Å². The minimum absolute atomic E-state index is 0.0221. The van der Waals surface area contributed by atoms with Crippen LogP contribution in [-0.2, 0) is 50.9 Å². The van der Waals surface area contributed by atoms with E-state index in [1.807, 2.05) is 12.1 Å². The standard InChI is InChI=1S/C63H84N3O14P/c1-42(59(72)77-41-55(70)63-56(78-60(79-63)44-20-10-7-11-21-44)35-51-50-25-24-48-34-49(67)27-28-61(48,2)57(50)52(68)36-62(51,63)3)37-65-58(71)46-22-16-30-66(39-46)40-47-33-45(23-26-54(47)80-81(73,74)75)53(69)38-64-29-13-4-5-14-31-76-32-15-12-19-43-17-8-6-9-18-43/h6,8-9,16-18,22-23,26-28,30,33-34,39,42,44,50-53,56-57,60,64,68-69H,4-5,7,10-15,19-21,24-25,29,31-32,35-38,40-41H2,1-3H3,(H2-,65,71,73,74,75)/p+1/t42?,50?,51?,52?,53?,56-,57?,60+,61-,62-,63+/m0/s1. The number of esters is 1. The first kappa shape index (κ1) is 60.6. The molecule has 81 heavy (non-hydrogen) atoms. The maximum atomic E-state index is 15.0. The summed E-state index contributed by atoms with van der Waals surface area (Å²) in [6, 6.07) is 18.3. The zero-order valence-electron chi connectivity index (χ0n) is 47.4. The molecule has 2 heterocycles.